The maximum Gasteiger partial charge on any atom is 0.264 e. The normalized spacial score (nSPS) is 14.3. The Morgan fingerprint density at radius 2 is 1.62 bits per heavy atom. The van der Waals surface area contributed by atoms with E-state index in [1.807, 2.05) is 0 Å². The number of nitrogens with one attached hydrogen (secondary N) is 1. The molecule has 1 N–H and O–H groups in total. The standard InChI is InChI=1S/C31H35ClFN3O5S/c1-3-29(31(38)34-25-6-4-5-7-25)35(20-22-8-12-24(33)13-9-22)30(37)21-36(26-14-10-23(32)11-15-26)42(39,40)28-18-16-27(41-2)17-19-28/h8-19,25,29H,3-7,20-21H2,1-2H3,(H,34,38)/t29-/m1/s1. The van der Waals surface area contributed by atoms with E-state index in [-0.39, 0.29) is 29.1 Å². The molecule has 1 atom stereocenters. The highest BCUT2D eigenvalue weighted by atomic mass is 35.5. The fourth-order valence-electron chi connectivity index (χ4n) is 5.08. The SMILES string of the molecule is CC[C@H](C(=O)NC1CCCC1)N(Cc1ccc(F)cc1)C(=O)CN(c1ccc(Cl)cc1)S(=O)(=O)c1ccc(OC)cc1. The molecule has 0 aromatic heterocycles. The van der Waals surface area contributed by atoms with Crippen LogP contribution in [0.25, 0.3) is 0 Å². The largest absolute Gasteiger partial charge is 0.497 e. The van der Waals surface area contributed by atoms with Crippen molar-refractivity contribution in [1.29, 1.82) is 0 Å². The van der Waals surface area contributed by atoms with Gasteiger partial charge in [0.2, 0.25) is 11.8 Å². The monoisotopic (exact) mass is 615 g/mol. The number of benzene rings is 3. The van der Waals surface area contributed by atoms with E-state index in [4.69, 9.17) is 16.3 Å². The van der Waals surface area contributed by atoms with Gasteiger partial charge in [-0.3, -0.25) is 13.9 Å². The van der Waals surface area contributed by atoms with E-state index >= 15 is 0 Å². The van der Waals surface area contributed by atoms with E-state index in [1.54, 1.807) is 19.1 Å². The number of sulfonamides is 1. The van der Waals surface area contributed by atoms with Crippen LogP contribution >= 0.6 is 11.6 Å². The molecule has 3 aromatic rings. The van der Waals surface area contributed by atoms with E-state index in [9.17, 15) is 22.4 Å². The molecule has 0 saturated heterocycles. The summed E-state index contributed by atoms with van der Waals surface area (Å²) in [6.45, 7) is 1.21. The Bertz CT molecular complexity index is 1460. The molecule has 0 radical (unpaired) electrons. The van der Waals surface area contributed by atoms with Gasteiger partial charge in [0.05, 0.1) is 17.7 Å². The van der Waals surface area contributed by atoms with Crippen molar-refractivity contribution in [3.8, 4) is 5.75 Å². The smallest absolute Gasteiger partial charge is 0.264 e. The van der Waals surface area contributed by atoms with Gasteiger partial charge in [0.1, 0.15) is 24.2 Å². The van der Waals surface area contributed by atoms with Crippen molar-refractivity contribution < 1.29 is 27.1 Å². The van der Waals surface area contributed by atoms with Gasteiger partial charge in [-0.15, -0.1) is 0 Å². The molecule has 0 heterocycles. The van der Waals surface area contributed by atoms with Crippen LogP contribution in [-0.4, -0.2) is 50.9 Å². The quantitative estimate of drug-likeness (QED) is 0.288. The first kappa shape index (κ1) is 31.3. The fraction of sp³-hybridized carbons (Fsp3) is 0.355. The second-order valence-corrected chi connectivity index (χ2v) is 12.5. The lowest BCUT2D eigenvalue weighted by Crippen LogP contribution is -2.53. The predicted octanol–water partition coefficient (Wildman–Crippen LogP) is 5.55. The fourth-order valence-corrected chi connectivity index (χ4v) is 6.62. The van der Waals surface area contributed by atoms with Crippen LogP contribution in [0.15, 0.2) is 77.7 Å². The summed E-state index contributed by atoms with van der Waals surface area (Å²) in [6, 6.07) is 16.8. The molecular weight excluding hydrogens is 581 g/mol. The highest BCUT2D eigenvalue weighted by molar-refractivity contribution is 7.92. The average Bonchev–Trinajstić information content (AvgIpc) is 3.50. The molecule has 4 rings (SSSR count). The number of rotatable bonds is 12. The molecule has 0 bridgehead atoms. The number of carbonyl (C=O) groups excluding carboxylic acids is 2. The van der Waals surface area contributed by atoms with E-state index in [1.165, 1.54) is 72.7 Å². The second-order valence-electron chi connectivity index (χ2n) is 10.2. The Balaban J connectivity index is 1.70. The molecule has 42 heavy (non-hydrogen) atoms. The Labute approximate surface area is 251 Å². The number of amides is 2. The third kappa shape index (κ3) is 7.60. The van der Waals surface area contributed by atoms with Gasteiger partial charge in [0.15, 0.2) is 0 Å². The lowest BCUT2D eigenvalue weighted by atomic mass is 10.1. The van der Waals surface area contributed by atoms with Crippen molar-refractivity contribution in [2.24, 2.45) is 0 Å². The third-order valence-electron chi connectivity index (χ3n) is 7.39. The van der Waals surface area contributed by atoms with Crippen LogP contribution in [0.4, 0.5) is 10.1 Å². The number of anilines is 1. The number of hydrogen-bond acceptors (Lipinski definition) is 5. The van der Waals surface area contributed by atoms with E-state index in [2.05, 4.69) is 5.32 Å². The van der Waals surface area contributed by atoms with Crippen LogP contribution in [0, 0.1) is 5.82 Å². The molecule has 1 aliphatic rings. The van der Waals surface area contributed by atoms with Crippen LogP contribution in [0.3, 0.4) is 0 Å². The molecule has 2 amide bonds. The molecule has 0 unspecified atom stereocenters. The zero-order chi connectivity index (χ0) is 30.3. The van der Waals surface area contributed by atoms with E-state index in [0.29, 0.717) is 22.8 Å². The molecule has 0 spiro atoms. The van der Waals surface area contributed by atoms with Gasteiger partial charge in [-0.1, -0.05) is 43.5 Å². The molecule has 11 heteroatoms. The topological polar surface area (TPSA) is 96.0 Å². The summed E-state index contributed by atoms with van der Waals surface area (Å²) in [4.78, 5) is 28.9. The maximum atomic E-state index is 14.1. The first-order valence-corrected chi connectivity index (χ1v) is 15.7. The summed E-state index contributed by atoms with van der Waals surface area (Å²) in [5.74, 6) is -0.828. The van der Waals surface area contributed by atoms with Crippen molar-refractivity contribution in [2.45, 2.75) is 62.6 Å². The zero-order valence-electron chi connectivity index (χ0n) is 23.6. The number of methoxy groups -OCH3 is 1. The van der Waals surface area contributed by atoms with Crippen LogP contribution in [-0.2, 0) is 26.2 Å². The Morgan fingerprint density at radius 1 is 1.00 bits per heavy atom. The minimum absolute atomic E-state index is 0.00719. The van der Waals surface area contributed by atoms with E-state index < -0.39 is 34.3 Å². The van der Waals surface area contributed by atoms with Gasteiger partial charge in [-0.05, 0) is 85.5 Å². The number of carbonyl (C=O) groups is 2. The first-order chi connectivity index (χ1) is 20.1. The predicted molar refractivity (Wildman–Crippen MR) is 160 cm³/mol. The lowest BCUT2D eigenvalue weighted by Gasteiger charge is -2.33. The number of nitrogens with zero attached hydrogens (tertiary/aromatic N) is 2. The highest BCUT2D eigenvalue weighted by Gasteiger charge is 2.34. The molecule has 1 saturated carbocycles. The van der Waals surface area contributed by atoms with Crippen LogP contribution < -0.4 is 14.4 Å². The van der Waals surface area contributed by atoms with Crippen molar-refractivity contribution in [3.05, 3.63) is 89.2 Å². The lowest BCUT2D eigenvalue weighted by molar-refractivity contribution is -0.140. The van der Waals surface area contributed by atoms with Crippen molar-refractivity contribution in [1.82, 2.24) is 10.2 Å². The molecule has 3 aromatic carbocycles. The van der Waals surface area contributed by atoms with Gasteiger partial charge in [0.25, 0.3) is 10.0 Å². The first-order valence-electron chi connectivity index (χ1n) is 13.9. The van der Waals surface area contributed by atoms with Crippen LogP contribution in [0.5, 0.6) is 5.75 Å². The summed E-state index contributed by atoms with van der Waals surface area (Å²) < 4.78 is 47.7. The molecular formula is C31H35ClFN3O5S. The number of halogens is 2. The minimum atomic E-state index is -4.23. The van der Waals surface area contributed by atoms with Gasteiger partial charge >= 0.3 is 0 Å². The summed E-state index contributed by atoms with van der Waals surface area (Å²) in [6.07, 6.45) is 4.10. The molecule has 224 valence electrons. The summed E-state index contributed by atoms with van der Waals surface area (Å²) in [7, 11) is -2.76. The second kappa shape index (κ2) is 14.0. The number of hydrogen-bond donors (Lipinski definition) is 1. The highest BCUT2D eigenvalue weighted by Crippen LogP contribution is 2.27. The summed E-state index contributed by atoms with van der Waals surface area (Å²) in [5.41, 5.74) is 0.835. The number of ether oxygens (including phenoxy) is 1. The van der Waals surface area contributed by atoms with Crippen molar-refractivity contribution >= 4 is 39.1 Å². The average molecular weight is 616 g/mol. The van der Waals surface area contributed by atoms with Gasteiger partial charge in [0, 0.05) is 17.6 Å². The molecule has 0 aliphatic heterocycles. The van der Waals surface area contributed by atoms with Crippen LogP contribution in [0.2, 0.25) is 5.02 Å². The maximum absolute atomic E-state index is 14.1. The third-order valence-corrected chi connectivity index (χ3v) is 9.43. The Kier molecular flexibility index (Phi) is 10.5. The van der Waals surface area contributed by atoms with Gasteiger partial charge in [-0.2, -0.15) is 0 Å². The molecule has 1 aliphatic carbocycles. The van der Waals surface area contributed by atoms with Crippen molar-refractivity contribution in [3.63, 3.8) is 0 Å². The van der Waals surface area contributed by atoms with Crippen LogP contribution in [0.1, 0.15) is 44.6 Å². The zero-order valence-corrected chi connectivity index (χ0v) is 25.2. The molecule has 1 fully saturated rings. The molecule has 8 nitrogen and oxygen atoms in total. The van der Waals surface area contributed by atoms with Crippen molar-refractivity contribution in [2.75, 3.05) is 18.0 Å². The van der Waals surface area contributed by atoms with Gasteiger partial charge < -0.3 is 15.0 Å². The summed E-state index contributed by atoms with van der Waals surface area (Å²) >= 11 is 6.08. The Hall–Kier alpha value is -3.63. The summed E-state index contributed by atoms with van der Waals surface area (Å²) in [5, 5.41) is 3.47. The van der Waals surface area contributed by atoms with Gasteiger partial charge in [-0.25, -0.2) is 12.8 Å². The Morgan fingerprint density at radius 3 is 2.19 bits per heavy atom. The van der Waals surface area contributed by atoms with E-state index in [0.717, 1.165) is 30.0 Å². The minimum Gasteiger partial charge on any atom is -0.497 e.